The molecule has 0 amide bonds. The van der Waals surface area contributed by atoms with E-state index in [2.05, 4.69) is 19.2 Å². The first-order valence-corrected chi connectivity index (χ1v) is 8.11. The summed E-state index contributed by atoms with van der Waals surface area (Å²) in [6, 6.07) is 5.16. The summed E-state index contributed by atoms with van der Waals surface area (Å²) >= 11 is 5.77. The van der Waals surface area contributed by atoms with E-state index in [9.17, 15) is 4.39 Å². The van der Waals surface area contributed by atoms with E-state index in [0.29, 0.717) is 5.92 Å². The number of hydrogen-bond donors (Lipinski definition) is 1. The minimum atomic E-state index is -0.327. The fraction of sp³-hybridized carbons (Fsp3) is 0.647. The van der Waals surface area contributed by atoms with Crippen molar-refractivity contribution in [2.24, 2.45) is 11.3 Å². The Morgan fingerprint density at radius 2 is 2.05 bits per heavy atom. The van der Waals surface area contributed by atoms with Gasteiger partial charge in [0, 0.05) is 19.8 Å². The first-order valence-electron chi connectivity index (χ1n) is 7.73. The molecule has 1 aliphatic rings. The van der Waals surface area contributed by atoms with E-state index in [-0.39, 0.29) is 16.3 Å². The lowest BCUT2D eigenvalue weighted by molar-refractivity contribution is 0.0147. The predicted molar refractivity (Wildman–Crippen MR) is 85.3 cm³/mol. The van der Waals surface area contributed by atoms with Gasteiger partial charge in [0.05, 0.1) is 5.02 Å². The van der Waals surface area contributed by atoms with Gasteiger partial charge in [0.15, 0.2) is 0 Å². The molecular weight excluding hydrogens is 289 g/mol. The van der Waals surface area contributed by atoms with Gasteiger partial charge in [-0.05, 0) is 54.8 Å². The molecule has 0 radical (unpaired) electrons. The second-order valence-corrected chi connectivity index (χ2v) is 6.97. The summed E-state index contributed by atoms with van der Waals surface area (Å²) < 4.78 is 19.2. The molecule has 0 aliphatic carbocycles. The van der Waals surface area contributed by atoms with E-state index in [1.165, 1.54) is 0 Å². The summed E-state index contributed by atoms with van der Waals surface area (Å²) in [5.74, 6) is 0.307. The fourth-order valence-corrected chi connectivity index (χ4v) is 3.05. The first kappa shape index (κ1) is 16.7. The van der Waals surface area contributed by atoms with Crippen molar-refractivity contribution in [2.45, 2.75) is 33.1 Å². The Morgan fingerprint density at radius 3 is 2.67 bits per heavy atom. The molecule has 1 heterocycles. The van der Waals surface area contributed by atoms with E-state index in [1.807, 2.05) is 6.07 Å². The van der Waals surface area contributed by atoms with Crippen molar-refractivity contribution in [1.29, 1.82) is 0 Å². The normalized spacial score (nSPS) is 18.1. The summed E-state index contributed by atoms with van der Waals surface area (Å²) in [4.78, 5) is 0. The lowest BCUT2D eigenvalue weighted by Crippen LogP contribution is -2.41. The quantitative estimate of drug-likeness (QED) is 0.855. The largest absolute Gasteiger partial charge is 0.381 e. The Bertz CT molecular complexity index is 458. The number of halogens is 2. The average molecular weight is 314 g/mol. The van der Waals surface area contributed by atoms with Crippen LogP contribution in [0.25, 0.3) is 0 Å². The van der Waals surface area contributed by atoms with Crippen LogP contribution in [0.5, 0.6) is 0 Å². The molecule has 118 valence electrons. The monoisotopic (exact) mass is 313 g/mol. The molecule has 2 rings (SSSR count). The second kappa shape index (κ2) is 7.57. The van der Waals surface area contributed by atoms with Crippen molar-refractivity contribution < 1.29 is 9.13 Å². The number of rotatable bonds is 6. The molecule has 1 aliphatic heterocycles. The van der Waals surface area contributed by atoms with Crippen LogP contribution in [-0.2, 0) is 11.2 Å². The van der Waals surface area contributed by atoms with Gasteiger partial charge in [0.25, 0.3) is 0 Å². The molecule has 4 heteroatoms. The minimum Gasteiger partial charge on any atom is -0.381 e. The molecule has 0 spiro atoms. The molecule has 1 fully saturated rings. The van der Waals surface area contributed by atoms with Crippen LogP contribution in [0, 0.1) is 17.2 Å². The molecule has 0 saturated carbocycles. The van der Waals surface area contributed by atoms with Crippen LogP contribution in [0.4, 0.5) is 4.39 Å². The van der Waals surface area contributed by atoms with Gasteiger partial charge >= 0.3 is 0 Å². The van der Waals surface area contributed by atoms with Gasteiger partial charge in [0.2, 0.25) is 0 Å². The van der Waals surface area contributed by atoms with Gasteiger partial charge in [-0.1, -0.05) is 31.5 Å². The molecule has 1 N–H and O–H groups in total. The summed E-state index contributed by atoms with van der Waals surface area (Å²) in [5.41, 5.74) is 1.18. The highest BCUT2D eigenvalue weighted by atomic mass is 35.5. The summed E-state index contributed by atoms with van der Waals surface area (Å²) in [7, 11) is 0. The zero-order valence-corrected chi connectivity index (χ0v) is 13.7. The second-order valence-electron chi connectivity index (χ2n) is 6.56. The van der Waals surface area contributed by atoms with Crippen molar-refractivity contribution in [2.75, 3.05) is 26.3 Å². The van der Waals surface area contributed by atoms with Crippen molar-refractivity contribution in [1.82, 2.24) is 5.32 Å². The lowest BCUT2D eigenvalue weighted by Gasteiger charge is -2.38. The molecule has 0 atom stereocenters. The third kappa shape index (κ3) is 4.94. The third-order valence-electron chi connectivity index (χ3n) is 4.17. The van der Waals surface area contributed by atoms with Gasteiger partial charge in [-0.25, -0.2) is 4.39 Å². The standard InChI is InChI=1S/C17H25ClFNO/c1-13(2)11-20-12-17(5-7-21-8-6-17)10-14-3-4-15(18)16(19)9-14/h3-4,9,13,20H,5-8,10-12H2,1-2H3. The van der Waals surface area contributed by atoms with Crippen LogP contribution in [0.2, 0.25) is 5.02 Å². The van der Waals surface area contributed by atoms with Gasteiger partial charge < -0.3 is 10.1 Å². The molecule has 2 nitrogen and oxygen atoms in total. The van der Waals surface area contributed by atoms with E-state index in [0.717, 1.165) is 51.1 Å². The van der Waals surface area contributed by atoms with Crippen LogP contribution in [-0.4, -0.2) is 26.3 Å². The van der Waals surface area contributed by atoms with E-state index >= 15 is 0 Å². The highest BCUT2D eigenvalue weighted by Gasteiger charge is 2.32. The van der Waals surface area contributed by atoms with E-state index < -0.39 is 0 Å². The van der Waals surface area contributed by atoms with Crippen molar-refractivity contribution in [3.8, 4) is 0 Å². The Kier molecular flexibility index (Phi) is 6.03. The molecule has 0 unspecified atom stereocenters. The molecular formula is C17H25ClFNO. The summed E-state index contributed by atoms with van der Waals surface area (Å²) in [6.45, 7) is 7.96. The van der Waals surface area contributed by atoms with Gasteiger partial charge in [-0.2, -0.15) is 0 Å². The van der Waals surface area contributed by atoms with Crippen molar-refractivity contribution in [3.05, 3.63) is 34.6 Å². The SMILES string of the molecule is CC(C)CNCC1(Cc2ccc(Cl)c(F)c2)CCOCC1. The van der Waals surface area contributed by atoms with Crippen LogP contribution >= 0.6 is 11.6 Å². The maximum Gasteiger partial charge on any atom is 0.142 e. The fourth-order valence-electron chi connectivity index (χ4n) is 2.93. The van der Waals surface area contributed by atoms with Crippen LogP contribution < -0.4 is 5.32 Å². The summed E-state index contributed by atoms with van der Waals surface area (Å²) in [5, 5.41) is 3.76. The lowest BCUT2D eigenvalue weighted by atomic mass is 9.75. The van der Waals surface area contributed by atoms with Crippen molar-refractivity contribution >= 4 is 11.6 Å². The number of ether oxygens (including phenoxy) is 1. The highest BCUT2D eigenvalue weighted by Crippen LogP contribution is 2.34. The highest BCUT2D eigenvalue weighted by molar-refractivity contribution is 6.30. The van der Waals surface area contributed by atoms with Crippen molar-refractivity contribution in [3.63, 3.8) is 0 Å². The Labute approximate surface area is 132 Å². The minimum absolute atomic E-state index is 0.160. The third-order valence-corrected chi connectivity index (χ3v) is 4.48. The molecule has 0 aromatic heterocycles. The van der Waals surface area contributed by atoms with Crippen LogP contribution in [0.1, 0.15) is 32.3 Å². The van der Waals surface area contributed by atoms with Gasteiger partial charge in [-0.15, -0.1) is 0 Å². The Morgan fingerprint density at radius 1 is 1.33 bits per heavy atom. The molecule has 21 heavy (non-hydrogen) atoms. The molecule has 1 aromatic carbocycles. The number of nitrogens with one attached hydrogen (secondary N) is 1. The summed E-state index contributed by atoms with van der Waals surface area (Å²) in [6.07, 6.45) is 2.90. The number of benzene rings is 1. The van der Waals surface area contributed by atoms with Gasteiger partial charge in [0.1, 0.15) is 5.82 Å². The smallest absolute Gasteiger partial charge is 0.142 e. The predicted octanol–water partition coefficient (Wildman–Crippen LogP) is 4.06. The zero-order chi connectivity index (χ0) is 15.3. The topological polar surface area (TPSA) is 21.3 Å². The van der Waals surface area contributed by atoms with Crippen LogP contribution in [0.15, 0.2) is 18.2 Å². The van der Waals surface area contributed by atoms with E-state index in [1.54, 1.807) is 12.1 Å². The van der Waals surface area contributed by atoms with E-state index in [4.69, 9.17) is 16.3 Å². The zero-order valence-electron chi connectivity index (χ0n) is 12.9. The average Bonchev–Trinajstić information content (AvgIpc) is 2.43. The van der Waals surface area contributed by atoms with Gasteiger partial charge in [-0.3, -0.25) is 0 Å². The molecule has 1 aromatic rings. The maximum absolute atomic E-state index is 13.6. The number of hydrogen-bond acceptors (Lipinski definition) is 2. The van der Waals surface area contributed by atoms with Crippen LogP contribution in [0.3, 0.4) is 0 Å². The Balaban J connectivity index is 2.05. The maximum atomic E-state index is 13.6. The molecule has 1 saturated heterocycles. The molecule has 0 bridgehead atoms. The Hall–Kier alpha value is -0.640. The first-order chi connectivity index (χ1) is 10.0.